The molecule has 0 radical (unpaired) electrons. The molecule has 0 aliphatic heterocycles. The van der Waals surface area contributed by atoms with Crippen LogP contribution in [0.3, 0.4) is 0 Å². The molecule has 298 valence electrons. The van der Waals surface area contributed by atoms with Crippen molar-refractivity contribution in [3.05, 3.63) is 250 Å². The van der Waals surface area contributed by atoms with Crippen molar-refractivity contribution in [2.45, 2.75) is 39.5 Å². The van der Waals surface area contributed by atoms with E-state index in [-0.39, 0.29) is 23.5 Å². The molecule has 0 spiro atoms. The largest absolute Gasteiger partial charge is 0.340 e. The Morgan fingerprint density at radius 1 is 0.367 bits per heavy atom. The van der Waals surface area contributed by atoms with Gasteiger partial charge < -0.3 is 9.80 Å². The van der Waals surface area contributed by atoms with Gasteiger partial charge in [0.25, 0.3) is 0 Å². The Balaban J connectivity index is 1.13. The van der Waals surface area contributed by atoms with Gasteiger partial charge in [0, 0.05) is 47.7 Å². The topological polar surface area (TPSA) is 6.48 Å². The quantitative estimate of drug-likeness (QED) is 0.115. The van der Waals surface area contributed by atoms with Crippen LogP contribution in [0.1, 0.15) is 56.3 Å². The normalized spacial score (nSPS) is 12.2. The lowest BCUT2D eigenvalue weighted by molar-refractivity contribution is 0.625. The first-order valence-electron chi connectivity index (χ1n) is 20.7. The van der Waals surface area contributed by atoms with Crippen molar-refractivity contribution in [1.29, 1.82) is 0 Å². The van der Waals surface area contributed by atoms with Crippen molar-refractivity contribution in [2.75, 3.05) is 22.9 Å². The van der Waals surface area contributed by atoms with E-state index >= 15 is 0 Å². The highest BCUT2D eigenvalue weighted by Crippen LogP contribution is 2.38. The van der Waals surface area contributed by atoms with Crippen molar-refractivity contribution in [2.24, 2.45) is 0 Å². The zero-order valence-electron chi connectivity index (χ0n) is 34.7. The predicted octanol–water partition coefficient (Wildman–Crippen LogP) is 14.8. The number of nitrogens with zero attached hydrogens (tertiary/aromatic N) is 2. The molecule has 8 aromatic carbocycles. The fraction of sp³-hybridized carbons (Fsp3) is 0.143. The highest BCUT2D eigenvalue weighted by molar-refractivity contribution is 5.75. The van der Waals surface area contributed by atoms with Gasteiger partial charge in [0.2, 0.25) is 0 Å². The summed E-state index contributed by atoms with van der Waals surface area (Å²) in [6, 6.07) is 65.8. The van der Waals surface area contributed by atoms with Gasteiger partial charge in [-0.15, -0.1) is 0 Å². The summed E-state index contributed by atoms with van der Waals surface area (Å²) in [6.07, 6.45) is 0. The maximum absolute atomic E-state index is 14.1. The summed E-state index contributed by atoms with van der Waals surface area (Å²) < 4.78 is 28.3. The molecule has 0 amide bonds. The fourth-order valence-electron chi connectivity index (χ4n) is 8.50. The van der Waals surface area contributed by atoms with Gasteiger partial charge in [-0.1, -0.05) is 145 Å². The number of aryl methyl sites for hydroxylation is 4. The van der Waals surface area contributed by atoms with E-state index in [1.54, 1.807) is 24.3 Å². The molecule has 8 aromatic rings. The molecular weight excluding hydrogens is 739 g/mol. The van der Waals surface area contributed by atoms with Crippen LogP contribution < -0.4 is 9.80 Å². The van der Waals surface area contributed by atoms with Crippen LogP contribution in [0.15, 0.2) is 194 Å². The zero-order valence-corrected chi connectivity index (χ0v) is 34.7. The molecule has 4 heteroatoms. The van der Waals surface area contributed by atoms with E-state index in [1.807, 2.05) is 36.4 Å². The molecule has 0 aromatic heterocycles. The fourth-order valence-corrected chi connectivity index (χ4v) is 8.50. The molecule has 0 heterocycles. The van der Waals surface area contributed by atoms with Crippen LogP contribution in [0.5, 0.6) is 0 Å². The predicted molar refractivity (Wildman–Crippen MR) is 247 cm³/mol. The van der Waals surface area contributed by atoms with E-state index in [0.717, 1.165) is 45.0 Å². The second-order valence-electron chi connectivity index (χ2n) is 15.9. The van der Waals surface area contributed by atoms with E-state index < -0.39 is 0 Å². The van der Waals surface area contributed by atoms with E-state index in [1.165, 1.54) is 33.4 Å². The van der Waals surface area contributed by atoms with Crippen molar-refractivity contribution < 1.29 is 8.78 Å². The van der Waals surface area contributed by atoms with Crippen molar-refractivity contribution >= 4 is 22.7 Å². The Labute approximate surface area is 354 Å². The third-order valence-corrected chi connectivity index (χ3v) is 11.7. The first kappa shape index (κ1) is 40.0. The second-order valence-corrected chi connectivity index (χ2v) is 15.9. The maximum atomic E-state index is 14.1. The summed E-state index contributed by atoms with van der Waals surface area (Å²) in [5, 5.41) is 0. The van der Waals surface area contributed by atoms with Crippen LogP contribution in [-0.2, 0) is 0 Å². The molecule has 0 saturated heterocycles. The van der Waals surface area contributed by atoms with Gasteiger partial charge in [0.05, 0.1) is 0 Å². The standard InChI is InChI=1S/C56H50F2N2/c1-39-15-33-55(41(3)35-39)59(37-53(45-11-7-5-8-12-45)47-17-25-49(57)26-18-47)51-29-21-43(22-30-51)44-23-31-52(32-24-44)60(56-34-16-40(2)36-42(56)4)38-54(46-13-9-6-10-14-46)48-19-27-50(58)28-20-48/h5-36,53-54H,37-38H2,1-4H3. The van der Waals surface area contributed by atoms with Gasteiger partial charge in [-0.05, 0) is 133 Å². The Bertz CT molecular complexity index is 2450. The van der Waals surface area contributed by atoms with Crippen LogP contribution in [0.4, 0.5) is 31.5 Å². The molecule has 0 fully saturated rings. The van der Waals surface area contributed by atoms with Gasteiger partial charge in [-0.3, -0.25) is 0 Å². The molecule has 2 unspecified atom stereocenters. The Morgan fingerprint density at radius 2 is 0.700 bits per heavy atom. The molecule has 0 aliphatic carbocycles. The molecule has 0 saturated carbocycles. The van der Waals surface area contributed by atoms with E-state index in [9.17, 15) is 8.78 Å². The molecule has 0 aliphatic rings. The third kappa shape index (κ3) is 9.09. The molecular formula is C56H50F2N2. The SMILES string of the molecule is Cc1ccc(N(CC(c2ccccc2)c2ccc(F)cc2)c2ccc(-c3ccc(N(CC(c4ccccc4)c4ccc(F)cc4)c4ccc(C)cc4C)cc3)cc2)c(C)c1. The first-order chi connectivity index (χ1) is 29.2. The van der Waals surface area contributed by atoms with Crippen LogP contribution in [0.25, 0.3) is 11.1 Å². The maximum Gasteiger partial charge on any atom is 0.123 e. The molecule has 0 bridgehead atoms. The van der Waals surface area contributed by atoms with Crippen LogP contribution in [-0.4, -0.2) is 13.1 Å². The minimum Gasteiger partial charge on any atom is -0.340 e. The highest BCUT2D eigenvalue weighted by Gasteiger charge is 2.24. The van der Waals surface area contributed by atoms with Crippen molar-refractivity contribution in [3.8, 4) is 11.1 Å². The van der Waals surface area contributed by atoms with Gasteiger partial charge in [0.1, 0.15) is 11.6 Å². The monoisotopic (exact) mass is 788 g/mol. The van der Waals surface area contributed by atoms with Crippen molar-refractivity contribution in [3.63, 3.8) is 0 Å². The average molecular weight is 789 g/mol. The molecule has 2 atom stereocenters. The number of rotatable bonds is 13. The molecule has 2 nitrogen and oxygen atoms in total. The molecule has 8 rings (SSSR count). The summed E-state index contributed by atoms with van der Waals surface area (Å²) in [6.45, 7) is 9.93. The Morgan fingerprint density at radius 3 is 1.03 bits per heavy atom. The molecule has 0 N–H and O–H groups in total. The lowest BCUT2D eigenvalue weighted by Crippen LogP contribution is -2.25. The minimum atomic E-state index is -0.236. The first-order valence-corrected chi connectivity index (χ1v) is 20.7. The lowest BCUT2D eigenvalue weighted by Gasteiger charge is -2.32. The average Bonchev–Trinajstić information content (AvgIpc) is 3.27. The van der Waals surface area contributed by atoms with E-state index in [2.05, 4.69) is 171 Å². The van der Waals surface area contributed by atoms with Gasteiger partial charge >= 0.3 is 0 Å². The smallest absolute Gasteiger partial charge is 0.123 e. The molecule has 60 heavy (non-hydrogen) atoms. The lowest BCUT2D eigenvalue weighted by atomic mass is 9.90. The number of hydrogen-bond acceptors (Lipinski definition) is 2. The van der Waals surface area contributed by atoms with Gasteiger partial charge in [0.15, 0.2) is 0 Å². The second kappa shape index (κ2) is 18.0. The van der Waals surface area contributed by atoms with Gasteiger partial charge in [-0.25, -0.2) is 8.78 Å². The number of benzene rings is 8. The third-order valence-electron chi connectivity index (χ3n) is 11.7. The number of anilines is 4. The van der Waals surface area contributed by atoms with E-state index in [4.69, 9.17) is 0 Å². The Kier molecular flexibility index (Phi) is 12.0. The summed E-state index contributed by atoms with van der Waals surface area (Å²) in [5.74, 6) is -0.465. The summed E-state index contributed by atoms with van der Waals surface area (Å²) in [7, 11) is 0. The van der Waals surface area contributed by atoms with Crippen LogP contribution in [0.2, 0.25) is 0 Å². The Hall–Kier alpha value is -6.78. The number of halogens is 2. The van der Waals surface area contributed by atoms with Crippen LogP contribution >= 0.6 is 0 Å². The van der Waals surface area contributed by atoms with Crippen molar-refractivity contribution in [1.82, 2.24) is 0 Å². The van der Waals surface area contributed by atoms with E-state index in [0.29, 0.717) is 13.1 Å². The zero-order chi connectivity index (χ0) is 41.6. The number of hydrogen-bond donors (Lipinski definition) is 0. The minimum absolute atomic E-state index is 0.00406. The summed E-state index contributed by atoms with van der Waals surface area (Å²) in [4.78, 5) is 4.80. The van der Waals surface area contributed by atoms with Crippen LogP contribution in [0, 0.1) is 39.3 Å². The summed E-state index contributed by atoms with van der Waals surface area (Å²) >= 11 is 0. The summed E-state index contributed by atoms with van der Waals surface area (Å²) in [5.41, 5.74) is 16.0. The highest BCUT2D eigenvalue weighted by atomic mass is 19.1. The van der Waals surface area contributed by atoms with Gasteiger partial charge in [-0.2, -0.15) is 0 Å².